The third kappa shape index (κ3) is 4.44. The summed E-state index contributed by atoms with van der Waals surface area (Å²) in [6, 6.07) is 4.90. The van der Waals surface area contributed by atoms with Gasteiger partial charge in [0.1, 0.15) is 5.82 Å². The molecule has 0 spiro atoms. The topological polar surface area (TPSA) is 96.3 Å². The first-order valence-corrected chi connectivity index (χ1v) is 9.68. The summed E-state index contributed by atoms with van der Waals surface area (Å²) < 4.78 is 14.3. The monoisotopic (exact) mass is 401 g/mol. The van der Waals surface area contributed by atoms with Crippen LogP contribution in [0.3, 0.4) is 0 Å². The van der Waals surface area contributed by atoms with Gasteiger partial charge in [0.15, 0.2) is 5.82 Å². The fourth-order valence-electron chi connectivity index (χ4n) is 3.11. The van der Waals surface area contributed by atoms with Crippen molar-refractivity contribution >= 4 is 23.7 Å². The first-order chi connectivity index (χ1) is 13.9. The van der Waals surface area contributed by atoms with Gasteiger partial charge in [0.2, 0.25) is 5.91 Å². The van der Waals surface area contributed by atoms with Crippen molar-refractivity contribution in [2.45, 2.75) is 46.2 Å². The molecule has 2 aromatic rings. The minimum Gasteiger partial charge on any atom is -0.338 e. The average Bonchev–Trinajstić information content (AvgIpc) is 3.28. The highest BCUT2D eigenvalue weighted by atomic mass is 19.1. The number of carbonyl (C=O) groups excluding carboxylic acids is 3. The van der Waals surface area contributed by atoms with Crippen LogP contribution in [0.25, 0.3) is 0 Å². The van der Waals surface area contributed by atoms with E-state index < -0.39 is 11.7 Å². The molecule has 1 aromatic carbocycles. The van der Waals surface area contributed by atoms with Gasteiger partial charge in [-0.2, -0.15) is 0 Å². The molecule has 1 aliphatic heterocycles. The number of anilines is 1. The lowest BCUT2D eigenvalue weighted by Crippen LogP contribution is -2.37. The molecule has 1 aliphatic rings. The van der Waals surface area contributed by atoms with Gasteiger partial charge in [0, 0.05) is 24.1 Å². The molecule has 0 aliphatic carbocycles. The third-order valence-electron chi connectivity index (χ3n) is 4.75. The minimum atomic E-state index is -0.466. The minimum absolute atomic E-state index is 0.221. The summed E-state index contributed by atoms with van der Waals surface area (Å²) in [6.45, 7) is 4.81. The highest BCUT2D eigenvalue weighted by molar-refractivity contribution is 6.04. The van der Waals surface area contributed by atoms with Crippen LogP contribution in [0.5, 0.6) is 0 Å². The fourth-order valence-corrected chi connectivity index (χ4v) is 3.11. The number of nitrogens with one attached hydrogen (secondary N) is 2. The second-order valence-electron chi connectivity index (χ2n) is 6.84. The quantitative estimate of drug-likeness (QED) is 0.727. The van der Waals surface area contributed by atoms with Crippen molar-refractivity contribution in [1.82, 2.24) is 20.0 Å². The van der Waals surface area contributed by atoms with Gasteiger partial charge in [-0.3, -0.25) is 9.59 Å². The van der Waals surface area contributed by atoms with Crippen LogP contribution in [0.15, 0.2) is 24.3 Å². The molecule has 2 N–H and O–H groups in total. The van der Waals surface area contributed by atoms with Crippen LogP contribution < -0.4 is 10.6 Å². The van der Waals surface area contributed by atoms with E-state index in [1.165, 1.54) is 28.9 Å². The number of fused-ring (bicyclic) bond motifs is 1. The summed E-state index contributed by atoms with van der Waals surface area (Å²) in [4.78, 5) is 38.8. The summed E-state index contributed by atoms with van der Waals surface area (Å²) in [5.74, 6) is -0.894. The number of nitrogens with zero attached hydrogens (tertiary/aromatic N) is 3. The zero-order valence-electron chi connectivity index (χ0n) is 16.5. The van der Waals surface area contributed by atoms with E-state index in [4.69, 9.17) is 0 Å². The lowest BCUT2D eigenvalue weighted by atomic mass is 10.2. The molecule has 0 atom stereocenters. The fraction of sp³-hybridized carbons (Fsp3) is 0.400. The Hall–Kier alpha value is -3.23. The Morgan fingerprint density at radius 3 is 2.52 bits per heavy atom. The van der Waals surface area contributed by atoms with Crippen LogP contribution in [-0.2, 0) is 13.1 Å². The second-order valence-corrected chi connectivity index (χ2v) is 6.84. The van der Waals surface area contributed by atoms with E-state index in [2.05, 4.69) is 15.7 Å². The maximum Gasteiger partial charge on any atom is 0.318 e. The third-order valence-corrected chi connectivity index (χ3v) is 4.75. The summed E-state index contributed by atoms with van der Waals surface area (Å²) in [7, 11) is 0. The average molecular weight is 401 g/mol. The maximum atomic E-state index is 13.1. The van der Waals surface area contributed by atoms with E-state index in [9.17, 15) is 18.8 Å². The Bertz CT molecular complexity index is 923. The van der Waals surface area contributed by atoms with Gasteiger partial charge in [0.25, 0.3) is 5.91 Å². The number of urea groups is 1. The predicted octanol–water partition coefficient (Wildman–Crippen LogP) is 3.15. The molecule has 8 nitrogen and oxygen atoms in total. The van der Waals surface area contributed by atoms with Crippen molar-refractivity contribution < 1.29 is 18.8 Å². The molecule has 3 amide bonds. The zero-order valence-corrected chi connectivity index (χ0v) is 16.5. The number of unbranched alkanes of at least 4 members (excludes halogenated alkanes) is 1. The van der Waals surface area contributed by atoms with Crippen molar-refractivity contribution in [2.24, 2.45) is 0 Å². The van der Waals surface area contributed by atoms with E-state index in [0.29, 0.717) is 17.8 Å². The number of carbonyl (C=O) groups is 3. The lowest BCUT2D eigenvalue weighted by molar-refractivity contribution is 0.0886. The van der Waals surface area contributed by atoms with Crippen LogP contribution >= 0.6 is 0 Å². The molecule has 0 bridgehead atoms. The van der Waals surface area contributed by atoms with Crippen LogP contribution in [0.2, 0.25) is 0 Å². The molecule has 3 rings (SSSR count). The molecule has 0 radical (unpaired) electrons. The molecule has 1 aromatic heterocycles. The Kier molecular flexibility index (Phi) is 6.26. The molecule has 0 unspecified atom stereocenters. The van der Waals surface area contributed by atoms with Gasteiger partial charge >= 0.3 is 6.03 Å². The van der Waals surface area contributed by atoms with Gasteiger partial charge in [-0.15, -0.1) is 5.10 Å². The number of benzene rings is 1. The number of aromatic nitrogens is 2. The van der Waals surface area contributed by atoms with Gasteiger partial charge in [-0.1, -0.05) is 20.3 Å². The van der Waals surface area contributed by atoms with E-state index in [-0.39, 0.29) is 42.8 Å². The highest BCUT2D eigenvalue weighted by Gasteiger charge is 2.32. The first kappa shape index (κ1) is 20.5. The van der Waals surface area contributed by atoms with Gasteiger partial charge in [0.05, 0.1) is 18.8 Å². The molecule has 9 heteroatoms. The van der Waals surface area contributed by atoms with E-state index in [0.717, 1.165) is 12.8 Å². The Morgan fingerprint density at radius 2 is 1.86 bits per heavy atom. The standard InChI is InChI=1S/C20H24FN5O3/c1-3-5-10-22-20(29)25-11-15-16(12-25)26(17(27)4-2)24-18(15)23-19(28)13-6-8-14(21)9-7-13/h6-9H,3-5,10-12H2,1-2H3,(H,22,29)(H,23,24,28). The molecular weight excluding hydrogens is 377 g/mol. The van der Waals surface area contributed by atoms with E-state index >= 15 is 0 Å². The molecule has 29 heavy (non-hydrogen) atoms. The van der Waals surface area contributed by atoms with Crippen LogP contribution in [0.4, 0.5) is 15.0 Å². The van der Waals surface area contributed by atoms with Crippen molar-refractivity contribution in [1.29, 1.82) is 0 Å². The maximum absolute atomic E-state index is 13.1. The van der Waals surface area contributed by atoms with Gasteiger partial charge in [-0.05, 0) is 30.7 Å². The van der Waals surface area contributed by atoms with Crippen molar-refractivity contribution in [3.05, 3.63) is 46.9 Å². The van der Waals surface area contributed by atoms with Gasteiger partial charge in [-0.25, -0.2) is 13.9 Å². The van der Waals surface area contributed by atoms with Gasteiger partial charge < -0.3 is 15.5 Å². The molecule has 0 saturated carbocycles. The number of hydrogen-bond donors (Lipinski definition) is 2. The molecule has 2 heterocycles. The second kappa shape index (κ2) is 8.85. The SMILES string of the molecule is CCCCNC(=O)N1Cc2c(NC(=O)c3ccc(F)cc3)nn(C(=O)CC)c2C1. The summed E-state index contributed by atoms with van der Waals surface area (Å²) >= 11 is 0. The Labute approximate surface area is 168 Å². The van der Waals surface area contributed by atoms with Crippen molar-refractivity contribution in [3.8, 4) is 0 Å². The first-order valence-electron chi connectivity index (χ1n) is 9.68. The largest absolute Gasteiger partial charge is 0.338 e. The van der Waals surface area contributed by atoms with E-state index in [1.54, 1.807) is 11.8 Å². The van der Waals surface area contributed by atoms with Crippen molar-refractivity contribution in [2.75, 3.05) is 11.9 Å². The lowest BCUT2D eigenvalue weighted by Gasteiger charge is -2.17. The molecule has 0 saturated heterocycles. The number of halogens is 1. The highest BCUT2D eigenvalue weighted by Crippen LogP contribution is 2.30. The Balaban J connectivity index is 1.81. The summed E-state index contributed by atoms with van der Waals surface area (Å²) in [5.41, 5.74) is 1.49. The van der Waals surface area contributed by atoms with Crippen molar-refractivity contribution in [3.63, 3.8) is 0 Å². The molecule has 154 valence electrons. The van der Waals surface area contributed by atoms with Crippen LogP contribution in [0, 0.1) is 5.82 Å². The Morgan fingerprint density at radius 1 is 1.14 bits per heavy atom. The normalized spacial score (nSPS) is 12.6. The summed E-state index contributed by atoms with van der Waals surface area (Å²) in [5, 5.41) is 9.80. The van der Waals surface area contributed by atoms with E-state index in [1.807, 2.05) is 6.92 Å². The zero-order chi connectivity index (χ0) is 21.0. The number of hydrogen-bond acceptors (Lipinski definition) is 4. The van der Waals surface area contributed by atoms with Crippen LogP contribution in [0.1, 0.15) is 59.5 Å². The predicted molar refractivity (Wildman–Crippen MR) is 105 cm³/mol. The number of amides is 3. The molecule has 0 fully saturated rings. The number of rotatable bonds is 6. The molecular formula is C20H24FN5O3. The smallest absolute Gasteiger partial charge is 0.318 e. The van der Waals surface area contributed by atoms with Crippen LogP contribution in [-0.4, -0.2) is 39.1 Å². The summed E-state index contributed by atoms with van der Waals surface area (Å²) in [6.07, 6.45) is 2.09.